The molecule has 0 unspecified atom stereocenters. The minimum Gasteiger partial charge on any atom is -0.462 e. The second kappa shape index (κ2) is 8.40. The number of methoxy groups -OCH3 is 1. The second-order valence-corrected chi connectivity index (χ2v) is 7.21. The van der Waals surface area contributed by atoms with Gasteiger partial charge in [-0.3, -0.25) is 4.79 Å². The number of nitrogens with one attached hydrogen (secondary N) is 1. The fraction of sp³-hybridized carbons (Fsp3) is 0.500. The number of nitrogens with zero attached hydrogens (tertiary/aromatic N) is 1. The molecule has 0 aromatic carbocycles. The predicted octanol–water partition coefficient (Wildman–Crippen LogP) is 3.91. The first kappa shape index (κ1) is 19.3. The second-order valence-electron chi connectivity index (χ2n) is 6.21. The zero-order valence-corrected chi connectivity index (χ0v) is 16.1. The van der Waals surface area contributed by atoms with Crippen molar-refractivity contribution in [3.63, 3.8) is 0 Å². The number of esters is 1. The first-order valence-corrected chi connectivity index (χ1v) is 9.07. The molecule has 2 aromatic rings. The molecular weight excluding hydrogens is 340 g/mol. The van der Waals surface area contributed by atoms with Crippen LogP contribution in [-0.2, 0) is 20.9 Å². The molecule has 2 heterocycles. The lowest BCUT2D eigenvalue weighted by Crippen LogP contribution is -2.16. The third-order valence-corrected chi connectivity index (χ3v) is 4.55. The summed E-state index contributed by atoms with van der Waals surface area (Å²) in [6.45, 7) is 8.22. The Morgan fingerprint density at radius 2 is 2.08 bits per heavy atom. The number of aromatic nitrogens is 1. The van der Waals surface area contributed by atoms with Gasteiger partial charge in [0.2, 0.25) is 5.91 Å². The van der Waals surface area contributed by atoms with Crippen molar-refractivity contribution in [1.82, 2.24) is 4.98 Å². The average Bonchev–Trinajstić information content (AvgIpc) is 2.85. The van der Waals surface area contributed by atoms with E-state index in [4.69, 9.17) is 9.47 Å². The van der Waals surface area contributed by atoms with Crippen molar-refractivity contribution in [2.75, 3.05) is 19.0 Å². The van der Waals surface area contributed by atoms with E-state index in [2.05, 4.69) is 10.3 Å². The number of hydrogen-bond donors (Lipinski definition) is 1. The molecule has 25 heavy (non-hydrogen) atoms. The molecule has 0 bridgehead atoms. The fourth-order valence-corrected chi connectivity index (χ4v) is 3.72. The number of amides is 1. The van der Waals surface area contributed by atoms with Gasteiger partial charge in [0, 0.05) is 24.6 Å². The first-order valence-electron chi connectivity index (χ1n) is 8.26. The number of anilines is 1. The number of rotatable bonds is 7. The Hall–Kier alpha value is -1.99. The molecule has 136 valence electrons. The maximum absolute atomic E-state index is 12.4. The maximum Gasteiger partial charge on any atom is 0.350 e. The summed E-state index contributed by atoms with van der Waals surface area (Å²) in [7, 11) is 1.61. The average molecular weight is 364 g/mol. The molecular formula is C18H24N2O4S. The van der Waals surface area contributed by atoms with Gasteiger partial charge in [0.1, 0.15) is 9.71 Å². The molecule has 7 heteroatoms. The number of hydrogen-bond acceptors (Lipinski definition) is 6. The Balaban J connectivity index is 2.61. The zero-order valence-electron chi connectivity index (χ0n) is 15.3. The van der Waals surface area contributed by atoms with Gasteiger partial charge in [0.25, 0.3) is 0 Å². The topological polar surface area (TPSA) is 77.5 Å². The van der Waals surface area contributed by atoms with Crippen LogP contribution in [0, 0.1) is 12.8 Å². The Labute approximate surface area is 151 Å². The lowest BCUT2D eigenvalue weighted by molar-refractivity contribution is -0.116. The van der Waals surface area contributed by atoms with Crippen LogP contribution in [0.4, 0.5) is 5.69 Å². The van der Waals surface area contributed by atoms with E-state index < -0.39 is 5.97 Å². The van der Waals surface area contributed by atoms with E-state index in [1.807, 2.05) is 26.8 Å². The molecule has 0 fully saturated rings. The quantitative estimate of drug-likeness (QED) is 0.754. The fourth-order valence-electron chi connectivity index (χ4n) is 2.60. The highest BCUT2D eigenvalue weighted by Crippen LogP contribution is 2.38. The SMILES string of the molecule is CCOC(=O)c1sc2nc(C)cc(COC)c2c1NC(=O)CC(C)C. The molecule has 2 rings (SSSR count). The Morgan fingerprint density at radius 1 is 1.36 bits per heavy atom. The van der Waals surface area contributed by atoms with E-state index in [0.717, 1.165) is 16.6 Å². The lowest BCUT2D eigenvalue weighted by Gasteiger charge is -2.11. The molecule has 0 atom stereocenters. The van der Waals surface area contributed by atoms with E-state index in [-0.39, 0.29) is 18.4 Å². The molecule has 2 aromatic heterocycles. The van der Waals surface area contributed by atoms with Crippen LogP contribution in [0.5, 0.6) is 0 Å². The predicted molar refractivity (Wildman–Crippen MR) is 99.1 cm³/mol. The van der Waals surface area contributed by atoms with Gasteiger partial charge in [-0.15, -0.1) is 11.3 Å². The van der Waals surface area contributed by atoms with Crippen molar-refractivity contribution in [2.24, 2.45) is 5.92 Å². The Morgan fingerprint density at radius 3 is 2.68 bits per heavy atom. The van der Waals surface area contributed by atoms with E-state index in [1.165, 1.54) is 11.3 Å². The number of aryl methyl sites for hydroxylation is 1. The standard InChI is InChI=1S/C18H24N2O4S/c1-6-24-18(22)16-15(20-13(21)7-10(2)3)14-12(9-23-5)8-11(4)19-17(14)25-16/h8,10H,6-7,9H2,1-5H3,(H,20,21). The number of pyridine rings is 1. The van der Waals surface area contributed by atoms with Crippen molar-refractivity contribution < 1.29 is 19.1 Å². The number of fused-ring (bicyclic) bond motifs is 1. The van der Waals surface area contributed by atoms with Crippen molar-refractivity contribution in [1.29, 1.82) is 0 Å². The third kappa shape index (κ3) is 4.55. The van der Waals surface area contributed by atoms with Crippen molar-refractivity contribution in [3.8, 4) is 0 Å². The van der Waals surface area contributed by atoms with Crippen LogP contribution in [0.25, 0.3) is 10.2 Å². The van der Waals surface area contributed by atoms with Crippen LogP contribution in [0.1, 0.15) is 48.1 Å². The third-order valence-electron chi connectivity index (χ3n) is 3.49. The molecule has 6 nitrogen and oxygen atoms in total. The summed E-state index contributed by atoms with van der Waals surface area (Å²) >= 11 is 1.23. The molecule has 0 aliphatic carbocycles. The normalized spacial score (nSPS) is 11.1. The maximum atomic E-state index is 12.4. The van der Waals surface area contributed by atoms with Crippen molar-refractivity contribution >= 4 is 39.1 Å². The van der Waals surface area contributed by atoms with Gasteiger partial charge in [0.15, 0.2) is 0 Å². The molecule has 1 N–H and O–H groups in total. The molecule has 0 aliphatic rings. The summed E-state index contributed by atoms with van der Waals surface area (Å²) in [5.41, 5.74) is 2.19. The van der Waals surface area contributed by atoms with Crippen LogP contribution >= 0.6 is 11.3 Å². The van der Waals surface area contributed by atoms with Crippen LogP contribution in [0.3, 0.4) is 0 Å². The molecule has 0 spiro atoms. The lowest BCUT2D eigenvalue weighted by atomic mass is 10.1. The van der Waals surface area contributed by atoms with Gasteiger partial charge in [-0.1, -0.05) is 13.8 Å². The number of ether oxygens (including phenoxy) is 2. The number of carbonyl (C=O) groups is 2. The molecule has 0 aliphatic heterocycles. The van der Waals surface area contributed by atoms with Crippen LogP contribution in [0.2, 0.25) is 0 Å². The summed E-state index contributed by atoms with van der Waals surface area (Å²) in [6.07, 6.45) is 0.374. The smallest absolute Gasteiger partial charge is 0.350 e. The summed E-state index contributed by atoms with van der Waals surface area (Å²) in [5.74, 6) is -0.370. The van der Waals surface area contributed by atoms with Gasteiger partial charge in [0.05, 0.1) is 18.9 Å². The van der Waals surface area contributed by atoms with E-state index in [0.29, 0.717) is 28.4 Å². The monoisotopic (exact) mass is 364 g/mol. The van der Waals surface area contributed by atoms with Gasteiger partial charge in [-0.05, 0) is 31.4 Å². The van der Waals surface area contributed by atoms with Gasteiger partial charge in [-0.25, -0.2) is 9.78 Å². The van der Waals surface area contributed by atoms with E-state index in [9.17, 15) is 9.59 Å². The number of thiophene rings is 1. The molecule has 0 radical (unpaired) electrons. The van der Waals surface area contributed by atoms with Crippen LogP contribution < -0.4 is 5.32 Å². The molecule has 1 amide bonds. The first-order chi connectivity index (χ1) is 11.9. The minimum atomic E-state index is -0.452. The molecule has 0 saturated heterocycles. The summed E-state index contributed by atoms with van der Waals surface area (Å²) < 4.78 is 10.4. The van der Waals surface area contributed by atoms with Gasteiger partial charge < -0.3 is 14.8 Å². The summed E-state index contributed by atoms with van der Waals surface area (Å²) in [6, 6.07) is 1.91. The number of carbonyl (C=O) groups excluding carboxylic acids is 2. The zero-order chi connectivity index (χ0) is 18.6. The van der Waals surface area contributed by atoms with E-state index >= 15 is 0 Å². The Bertz CT molecular complexity index is 783. The highest BCUT2D eigenvalue weighted by molar-refractivity contribution is 7.21. The van der Waals surface area contributed by atoms with Crippen molar-refractivity contribution in [2.45, 2.75) is 40.7 Å². The van der Waals surface area contributed by atoms with E-state index in [1.54, 1.807) is 14.0 Å². The summed E-state index contributed by atoms with van der Waals surface area (Å²) in [4.78, 5) is 30.3. The Kier molecular flexibility index (Phi) is 6.50. The van der Waals surface area contributed by atoms with Crippen molar-refractivity contribution in [3.05, 3.63) is 22.2 Å². The van der Waals surface area contributed by atoms with Gasteiger partial charge in [-0.2, -0.15) is 0 Å². The summed E-state index contributed by atoms with van der Waals surface area (Å²) in [5, 5.41) is 3.65. The highest BCUT2D eigenvalue weighted by Gasteiger charge is 2.24. The van der Waals surface area contributed by atoms with Crippen LogP contribution in [0.15, 0.2) is 6.07 Å². The molecule has 0 saturated carbocycles. The van der Waals surface area contributed by atoms with Crippen LogP contribution in [-0.4, -0.2) is 30.6 Å². The largest absolute Gasteiger partial charge is 0.462 e. The highest BCUT2D eigenvalue weighted by atomic mass is 32.1. The van der Waals surface area contributed by atoms with Gasteiger partial charge >= 0.3 is 5.97 Å². The minimum absolute atomic E-state index is 0.135.